The van der Waals surface area contributed by atoms with E-state index in [1.807, 2.05) is 0 Å². The first-order valence-electron chi connectivity index (χ1n) is 5.36. The summed E-state index contributed by atoms with van der Waals surface area (Å²) in [6, 6.07) is 5.58. The van der Waals surface area contributed by atoms with Crippen LogP contribution in [0.5, 0.6) is 5.75 Å². The standard InChI is InChI=1S/C12H8FNO6/c13-9-5-7(14(17)18)1-3-10(9)19-6-8-2-4-11(20-8)12(15)16/h1-5H,6H2,(H,15,16). The van der Waals surface area contributed by atoms with Gasteiger partial charge in [-0.2, -0.15) is 0 Å². The van der Waals surface area contributed by atoms with Gasteiger partial charge >= 0.3 is 5.97 Å². The lowest BCUT2D eigenvalue weighted by atomic mass is 10.3. The number of benzene rings is 1. The van der Waals surface area contributed by atoms with Crippen LogP contribution in [-0.2, 0) is 6.61 Å². The zero-order valence-corrected chi connectivity index (χ0v) is 9.91. The molecule has 0 amide bonds. The number of halogens is 1. The normalized spacial score (nSPS) is 10.2. The molecule has 0 saturated heterocycles. The molecule has 0 aliphatic rings. The molecule has 1 N–H and O–H groups in total. The Labute approximate surface area is 111 Å². The maximum Gasteiger partial charge on any atom is 0.371 e. The average molecular weight is 281 g/mol. The van der Waals surface area contributed by atoms with Crippen LogP contribution in [0.1, 0.15) is 16.3 Å². The van der Waals surface area contributed by atoms with E-state index in [-0.39, 0.29) is 29.6 Å². The maximum absolute atomic E-state index is 13.5. The van der Waals surface area contributed by atoms with Crippen molar-refractivity contribution in [2.45, 2.75) is 6.61 Å². The molecule has 0 aliphatic carbocycles. The lowest BCUT2D eigenvalue weighted by Crippen LogP contribution is -1.98. The Bertz CT molecular complexity index is 666. The molecule has 104 valence electrons. The number of carboxylic acid groups (broad SMARTS) is 1. The number of nitrogens with zero attached hydrogens (tertiary/aromatic N) is 1. The highest BCUT2D eigenvalue weighted by molar-refractivity contribution is 5.84. The third-order valence-electron chi connectivity index (χ3n) is 2.37. The zero-order valence-electron chi connectivity index (χ0n) is 9.91. The lowest BCUT2D eigenvalue weighted by Gasteiger charge is -2.04. The molecule has 0 saturated carbocycles. The Morgan fingerprint density at radius 1 is 1.40 bits per heavy atom. The van der Waals surface area contributed by atoms with E-state index in [9.17, 15) is 19.3 Å². The van der Waals surface area contributed by atoms with E-state index >= 15 is 0 Å². The van der Waals surface area contributed by atoms with Gasteiger partial charge in [0.05, 0.1) is 11.0 Å². The third kappa shape index (κ3) is 2.91. The maximum atomic E-state index is 13.5. The molecule has 0 bridgehead atoms. The topological polar surface area (TPSA) is 103 Å². The monoisotopic (exact) mass is 281 g/mol. The van der Waals surface area contributed by atoms with Gasteiger partial charge in [-0.3, -0.25) is 10.1 Å². The molecule has 0 spiro atoms. The minimum Gasteiger partial charge on any atom is -0.483 e. The van der Waals surface area contributed by atoms with Crippen LogP contribution in [0.15, 0.2) is 34.7 Å². The number of hydrogen-bond donors (Lipinski definition) is 1. The Kier molecular flexibility index (Phi) is 3.65. The number of hydrogen-bond acceptors (Lipinski definition) is 5. The molecule has 20 heavy (non-hydrogen) atoms. The molecule has 0 radical (unpaired) electrons. The Hall–Kier alpha value is -2.90. The van der Waals surface area contributed by atoms with Crippen LogP contribution in [0.4, 0.5) is 10.1 Å². The first-order valence-corrected chi connectivity index (χ1v) is 5.36. The van der Waals surface area contributed by atoms with Gasteiger partial charge < -0.3 is 14.3 Å². The molecule has 2 rings (SSSR count). The summed E-state index contributed by atoms with van der Waals surface area (Å²) >= 11 is 0. The summed E-state index contributed by atoms with van der Waals surface area (Å²) in [7, 11) is 0. The summed E-state index contributed by atoms with van der Waals surface area (Å²) in [5.41, 5.74) is -0.388. The number of non-ortho nitro benzene ring substituents is 1. The van der Waals surface area contributed by atoms with Crippen LogP contribution in [0.25, 0.3) is 0 Å². The molecule has 0 atom stereocenters. The van der Waals surface area contributed by atoms with E-state index in [0.29, 0.717) is 0 Å². The van der Waals surface area contributed by atoms with Crippen LogP contribution in [0.3, 0.4) is 0 Å². The summed E-state index contributed by atoms with van der Waals surface area (Å²) in [4.78, 5) is 20.3. The van der Waals surface area contributed by atoms with E-state index in [1.165, 1.54) is 12.1 Å². The van der Waals surface area contributed by atoms with Crippen LogP contribution >= 0.6 is 0 Å². The molecular weight excluding hydrogens is 273 g/mol. The van der Waals surface area contributed by atoms with E-state index in [0.717, 1.165) is 18.2 Å². The van der Waals surface area contributed by atoms with E-state index in [1.54, 1.807) is 0 Å². The van der Waals surface area contributed by atoms with Crippen molar-refractivity contribution in [3.63, 3.8) is 0 Å². The number of carbonyl (C=O) groups is 1. The average Bonchev–Trinajstić information content (AvgIpc) is 2.86. The second-order valence-corrected chi connectivity index (χ2v) is 3.73. The zero-order chi connectivity index (χ0) is 14.7. The van der Waals surface area contributed by atoms with Gasteiger partial charge in [0.2, 0.25) is 5.76 Å². The van der Waals surface area contributed by atoms with Crippen LogP contribution in [0.2, 0.25) is 0 Å². The van der Waals surface area contributed by atoms with Crippen molar-refractivity contribution in [1.29, 1.82) is 0 Å². The van der Waals surface area contributed by atoms with Gasteiger partial charge in [0.25, 0.3) is 5.69 Å². The van der Waals surface area contributed by atoms with Gasteiger partial charge in [0.15, 0.2) is 11.6 Å². The van der Waals surface area contributed by atoms with Gasteiger partial charge in [0, 0.05) is 6.07 Å². The molecule has 0 aliphatic heterocycles. The Morgan fingerprint density at radius 2 is 2.15 bits per heavy atom. The van der Waals surface area contributed by atoms with Crippen molar-refractivity contribution >= 4 is 11.7 Å². The number of nitro groups is 1. The van der Waals surface area contributed by atoms with Gasteiger partial charge in [-0.1, -0.05) is 0 Å². The third-order valence-corrected chi connectivity index (χ3v) is 2.37. The highest BCUT2D eigenvalue weighted by Crippen LogP contribution is 2.23. The fraction of sp³-hybridized carbons (Fsp3) is 0.0833. The molecule has 8 heteroatoms. The fourth-order valence-corrected chi connectivity index (χ4v) is 1.44. The summed E-state index contributed by atoms with van der Waals surface area (Å²) in [5.74, 6) is -2.36. The quantitative estimate of drug-likeness (QED) is 0.667. The molecule has 1 heterocycles. The predicted octanol–water partition coefficient (Wildman–Crippen LogP) is 2.60. The second-order valence-electron chi connectivity index (χ2n) is 3.73. The highest BCUT2D eigenvalue weighted by Gasteiger charge is 2.13. The fourth-order valence-electron chi connectivity index (χ4n) is 1.44. The van der Waals surface area contributed by atoms with Crippen molar-refractivity contribution in [1.82, 2.24) is 0 Å². The number of rotatable bonds is 5. The number of ether oxygens (including phenoxy) is 1. The van der Waals surface area contributed by atoms with Crippen molar-refractivity contribution in [3.8, 4) is 5.75 Å². The van der Waals surface area contributed by atoms with Gasteiger partial charge in [-0.15, -0.1) is 0 Å². The van der Waals surface area contributed by atoms with Crippen molar-refractivity contribution in [2.24, 2.45) is 0 Å². The van der Waals surface area contributed by atoms with Crippen LogP contribution < -0.4 is 4.74 Å². The molecular formula is C12H8FNO6. The number of furan rings is 1. The van der Waals surface area contributed by atoms with Crippen LogP contribution in [0, 0.1) is 15.9 Å². The lowest BCUT2D eigenvalue weighted by molar-refractivity contribution is -0.385. The first kappa shape index (κ1) is 13.5. The van der Waals surface area contributed by atoms with E-state index < -0.39 is 16.7 Å². The first-order chi connectivity index (χ1) is 9.47. The molecule has 7 nitrogen and oxygen atoms in total. The molecule has 0 unspecified atom stereocenters. The predicted molar refractivity (Wildman–Crippen MR) is 63.1 cm³/mol. The molecule has 1 aromatic heterocycles. The van der Waals surface area contributed by atoms with Crippen molar-refractivity contribution in [2.75, 3.05) is 0 Å². The van der Waals surface area contributed by atoms with E-state index in [4.69, 9.17) is 14.3 Å². The SMILES string of the molecule is O=C(O)c1ccc(COc2ccc([N+](=O)[O-])cc2F)o1. The second kappa shape index (κ2) is 5.39. The summed E-state index contributed by atoms with van der Waals surface area (Å²) in [6.45, 7) is -0.192. The number of carboxylic acids is 1. The minimum atomic E-state index is -1.22. The van der Waals surface area contributed by atoms with Crippen molar-refractivity contribution in [3.05, 3.63) is 57.8 Å². The molecule has 1 aromatic carbocycles. The minimum absolute atomic E-state index is 0.191. The molecule has 2 aromatic rings. The smallest absolute Gasteiger partial charge is 0.371 e. The van der Waals surface area contributed by atoms with Gasteiger partial charge in [-0.05, 0) is 18.2 Å². The van der Waals surface area contributed by atoms with Crippen molar-refractivity contribution < 1.29 is 28.4 Å². The van der Waals surface area contributed by atoms with Crippen LogP contribution in [-0.4, -0.2) is 16.0 Å². The largest absolute Gasteiger partial charge is 0.483 e. The van der Waals surface area contributed by atoms with Gasteiger partial charge in [0.1, 0.15) is 12.4 Å². The molecule has 0 fully saturated rings. The highest BCUT2D eigenvalue weighted by atomic mass is 19.1. The summed E-state index contributed by atoms with van der Waals surface area (Å²) < 4.78 is 23.5. The number of aromatic carboxylic acids is 1. The Morgan fingerprint density at radius 3 is 2.70 bits per heavy atom. The van der Waals surface area contributed by atoms with E-state index in [2.05, 4.69) is 0 Å². The Balaban J connectivity index is 2.06. The van der Waals surface area contributed by atoms with Gasteiger partial charge in [-0.25, -0.2) is 9.18 Å². The summed E-state index contributed by atoms with van der Waals surface area (Å²) in [5, 5.41) is 19.1. The number of nitro benzene ring substituents is 1. The summed E-state index contributed by atoms with van der Waals surface area (Å²) in [6.07, 6.45) is 0.